The number of pyridine rings is 1. The van der Waals surface area contributed by atoms with Gasteiger partial charge in [0.25, 0.3) is 5.91 Å². The molecule has 2 heterocycles. The molecule has 0 aliphatic heterocycles. The van der Waals surface area contributed by atoms with Gasteiger partial charge in [-0.15, -0.1) is 11.3 Å². The molecule has 3 aromatic rings. The minimum Gasteiger partial charge on any atom is -0.341 e. The van der Waals surface area contributed by atoms with Crippen LogP contribution in [0.4, 0.5) is 0 Å². The fraction of sp³-hybridized carbons (Fsp3) is 0.269. The molecule has 0 radical (unpaired) electrons. The van der Waals surface area contributed by atoms with Crippen molar-refractivity contribution < 1.29 is 14.2 Å². The van der Waals surface area contributed by atoms with Gasteiger partial charge in [0.05, 0.1) is 11.8 Å². The van der Waals surface area contributed by atoms with Crippen LogP contribution in [0.1, 0.15) is 30.6 Å². The third kappa shape index (κ3) is 6.59. The maximum atomic E-state index is 12.7. The highest BCUT2D eigenvalue weighted by Gasteiger charge is 2.22. The zero-order valence-corrected chi connectivity index (χ0v) is 20.1. The van der Waals surface area contributed by atoms with Crippen LogP contribution in [0.3, 0.4) is 0 Å². The second-order valence-electron chi connectivity index (χ2n) is 8.22. The van der Waals surface area contributed by atoms with Gasteiger partial charge in [0.1, 0.15) is 17.6 Å². The molecule has 0 unspecified atom stereocenters. The van der Waals surface area contributed by atoms with E-state index in [1.54, 1.807) is 23.5 Å². The first-order chi connectivity index (χ1) is 16.4. The number of carbonyl (C=O) groups is 2. The number of nitrogens with zero attached hydrogens (tertiary/aromatic N) is 3. The second-order valence-corrected chi connectivity index (χ2v) is 9.08. The summed E-state index contributed by atoms with van der Waals surface area (Å²) in [4.78, 5) is 29.8. The lowest BCUT2D eigenvalue weighted by atomic mass is 10.0. The average Bonchev–Trinajstić information content (AvgIpc) is 3.33. The largest absolute Gasteiger partial charge is 0.341 e. The lowest BCUT2D eigenvalue weighted by Gasteiger charge is -2.19. The molecule has 174 valence electrons. The zero-order valence-electron chi connectivity index (χ0n) is 19.3. The van der Waals surface area contributed by atoms with Crippen molar-refractivity contribution in [3.05, 3.63) is 72.4 Å². The number of hydrogen-bond donors (Lipinski definition) is 2. The van der Waals surface area contributed by atoms with Gasteiger partial charge in [-0.2, -0.15) is 5.26 Å². The molecule has 7 nitrogen and oxygen atoms in total. The van der Waals surface area contributed by atoms with Crippen LogP contribution in [0.5, 0.6) is 0 Å². The van der Waals surface area contributed by atoms with E-state index in [0.29, 0.717) is 12.0 Å². The van der Waals surface area contributed by atoms with Crippen LogP contribution in [-0.4, -0.2) is 29.4 Å². The number of carbonyl (C=O) groups excluding carboxylic acids is 2. The summed E-state index contributed by atoms with van der Waals surface area (Å²) in [7, 11) is 0. The van der Waals surface area contributed by atoms with Crippen molar-refractivity contribution in [3.8, 4) is 27.9 Å². The van der Waals surface area contributed by atoms with Crippen LogP contribution < -0.4 is 15.2 Å². The van der Waals surface area contributed by atoms with Gasteiger partial charge in [-0.3, -0.25) is 9.59 Å². The van der Waals surface area contributed by atoms with Crippen LogP contribution in [0, 0.1) is 17.2 Å². The Kier molecular flexibility index (Phi) is 8.66. The fourth-order valence-corrected chi connectivity index (χ4v) is 4.23. The molecule has 0 aliphatic rings. The lowest BCUT2D eigenvalue weighted by Crippen LogP contribution is -2.47. The van der Waals surface area contributed by atoms with Gasteiger partial charge in [-0.05, 0) is 30.5 Å². The third-order valence-electron chi connectivity index (χ3n) is 5.10. The highest BCUT2D eigenvalue weighted by Crippen LogP contribution is 2.28. The van der Waals surface area contributed by atoms with Crippen LogP contribution in [0.25, 0.3) is 21.8 Å². The molecular formula is C26H28N5O2S+. The predicted molar refractivity (Wildman–Crippen MR) is 133 cm³/mol. The summed E-state index contributed by atoms with van der Waals surface area (Å²) in [5, 5.41) is 16.9. The van der Waals surface area contributed by atoms with Gasteiger partial charge in [-0.25, -0.2) is 9.55 Å². The Hall–Kier alpha value is -3.83. The van der Waals surface area contributed by atoms with Crippen molar-refractivity contribution in [1.82, 2.24) is 15.6 Å². The van der Waals surface area contributed by atoms with Gasteiger partial charge >= 0.3 is 0 Å². The summed E-state index contributed by atoms with van der Waals surface area (Å²) in [6.45, 7) is 8.36. The molecule has 8 heteroatoms. The number of thiazole rings is 1. The highest BCUT2D eigenvalue weighted by atomic mass is 32.1. The van der Waals surface area contributed by atoms with Crippen LogP contribution >= 0.6 is 11.3 Å². The zero-order chi connectivity index (χ0) is 24.5. The van der Waals surface area contributed by atoms with Crippen molar-refractivity contribution in [2.24, 2.45) is 5.92 Å². The van der Waals surface area contributed by atoms with Gasteiger partial charge in [0, 0.05) is 34.2 Å². The molecule has 1 aromatic carbocycles. The van der Waals surface area contributed by atoms with Crippen LogP contribution in [0.2, 0.25) is 0 Å². The van der Waals surface area contributed by atoms with E-state index < -0.39 is 6.04 Å². The number of nitrogens with one attached hydrogen (secondary N) is 2. The molecule has 2 N–H and O–H groups in total. The standard InChI is InChI=1S/C26H27N5O2S/c1-4-13-31-14-9-21(10-15-31)26-30-23(17-34-26)19-5-7-20(8-6-19)24(32)29-22(16-18(2)3)25(33)28-12-11-27/h4-10,14-15,17-18,22H,1,12-13,16H2,2-3H3,(H-,28,29,32,33)/p+1/t22-/m0/s1. The lowest BCUT2D eigenvalue weighted by molar-refractivity contribution is -0.686. The Morgan fingerprint density at radius 1 is 1.18 bits per heavy atom. The molecule has 0 spiro atoms. The van der Waals surface area contributed by atoms with Crippen molar-refractivity contribution >= 4 is 23.2 Å². The van der Waals surface area contributed by atoms with Gasteiger partial charge in [-0.1, -0.05) is 32.6 Å². The number of amides is 2. The van der Waals surface area contributed by atoms with Crippen LogP contribution in [-0.2, 0) is 11.3 Å². The molecule has 1 atom stereocenters. The molecule has 0 saturated heterocycles. The summed E-state index contributed by atoms with van der Waals surface area (Å²) < 4.78 is 2.04. The predicted octanol–water partition coefficient (Wildman–Crippen LogP) is 3.73. The van der Waals surface area contributed by atoms with Crippen molar-refractivity contribution in [2.45, 2.75) is 32.9 Å². The van der Waals surface area contributed by atoms with E-state index in [1.165, 1.54) is 0 Å². The Labute approximate surface area is 203 Å². The molecular weight excluding hydrogens is 446 g/mol. The van der Waals surface area contributed by atoms with E-state index in [-0.39, 0.29) is 24.3 Å². The summed E-state index contributed by atoms with van der Waals surface area (Å²) in [6.07, 6.45) is 6.33. The highest BCUT2D eigenvalue weighted by molar-refractivity contribution is 7.13. The normalized spacial score (nSPS) is 11.5. The second kappa shape index (κ2) is 11.9. The SMILES string of the molecule is C=CC[n+]1ccc(-c2nc(-c3ccc(C(=O)N[C@@H](CC(C)C)C(=O)NCC#N)cc3)cs2)cc1. The first-order valence-corrected chi connectivity index (χ1v) is 11.9. The smallest absolute Gasteiger partial charge is 0.251 e. The summed E-state index contributed by atoms with van der Waals surface area (Å²) >= 11 is 1.56. The maximum absolute atomic E-state index is 12.7. The summed E-state index contributed by atoms with van der Waals surface area (Å²) in [6, 6.07) is 12.4. The van der Waals surface area contributed by atoms with E-state index >= 15 is 0 Å². The van der Waals surface area contributed by atoms with Gasteiger partial charge in [0.15, 0.2) is 18.9 Å². The summed E-state index contributed by atoms with van der Waals surface area (Å²) in [5.41, 5.74) is 3.24. The Bertz CT molecular complexity index is 1180. The quantitative estimate of drug-likeness (QED) is 0.266. The summed E-state index contributed by atoms with van der Waals surface area (Å²) in [5.74, 6) is -0.484. The van der Waals surface area contributed by atoms with E-state index in [0.717, 1.165) is 28.4 Å². The minimum atomic E-state index is -0.697. The van der Waals surface area contributed by atoms with E-state index in [2.05, 4.69) is 17.2 Å². The third-order valence-corrected chi connectivity index (χ3v) is 5.99. The van der Waals surface area contributed by atoms with Crippen molar-refractivity contribution in [3.63, 3.8) is 0 Å². The van der Waals surface area contributed by atoms with E-state index in [4.69, 9.17) is 10.2 Å². The number of allylic oxidation sites excluding steroid dienone is 1. The number of aromatic nitrogens is 2. The number of hydrogen-bond acceptors (Lipinski definition) is 5. The minimum absolute atomic E-state index is 0.0918. The molecule has 2 aromatic heterocycles. The number of benzene rings is 1. The van der Waals surface area contributed by atoms with Crippen LogP contribution in [0.15, 0.2) is 66.8 Å². The Morgan fingerprint density at radius 2 is 1.88 bits per heavy atom. The number of rotatable bonds is 10. The monoisotopic (exact) mass is 474 g/mol. The molecule has 34 heavy (non-hydrogen) atoms. The molecule has 0 fully saturated rings. The van der Waals surface area contributed by atoms with Crippen molar-refractivity contribution in [1.29, 1.82) is 5.26 Å². The molecule has 2 amide bonds. The molecule has 0 saturated carbocycles. The topological polar surface area (TPSA) is 98.8 Å². The average molecular weight is 475 g/mol. The first kappa shape index (κ1) is 24.8. The molecule has 3 rings (SSSR count). The molecule has 0 aliphatic carbocycles. The Morgan fingerprint density at radius 3 is 2.50 bits per heavy atom. The maximum Gasteiger partial charge on any atom is 0.251 e. The van der Waals surface area contributed by atoms with Gasteiger partial charge in [0.2, 0.25) is 5.91 Å². The number of nitriles is 1. The first-order valence-electron chi connectivity index (χ1n) is 11.0. The fourth-order valence-electron chi connectivity index (χ4n) is 3.40. The van der Waals surface area contributed by atoms with E-state index in [1.807, 2.05) is 72.6 Å². The molecule has 0 bridgehead atoms. The van der Waals surface area contributed by atoms with Gasteiger partial charge < -0.3 is 10.6 Å². The van der Waals surface area contributed by atoms with E-state index in [9.17, 15) is 9.59 Å². The van der Waals surface area contributed by atoms with Crippen molar-refractivity contribution in [2.75, 3.05) is 6.54 Å². The Balaban J connectivity index is 1.69.